The van der Waals surface area contributed by atoms with E-state index in [0.717, 1.165) is 0 Å². The second-order valence-corrected chi connectivity index (χ2v) is 3.16. The molecule has 1 aromatic rings. The number of carbonyl (C=O) groups excluding carboxylic acids is 2. The molecule has 0 aliphatic heterocycles. The lowest BCUT2D eigenvalue weighted by molar-refractivity contribution is -0.131. The van der Waals surface area contributed by atoms with Crippen LogP contribution < -0.4 is 4.74 Å². The van der Waals surface area contributed by atoms with E-state index in [-0.39, 0.29) is 11.3 Å². The lowest BCUT2D eigenvalue weighted by atomic mass is 10.2. The van der Waals surface area contributed by atoms with Crippen LogP contribution in [0.2, 0.25) is 5.02 Å². The number of rotatable bonds is 2. The lowest BCUT2D eigenvalue weighted by Crippen LogP contribution is -2.08. The molecule has 15 heavy (non-hydrogen) atoms. The number of esters is 2. The molecule has 0 fully saturated rings. The molecule has 1 aromatic carbocycles. The third kappa shape index (κ3) is 2.95. The van der Waals surface area contributed by atoms with Gasteiger partial charge in [0.1, 0.15) is 11.3 Å². The van der Waals surface area contributed by atoms with Crippen molar-refractivity contribution in [3.8, 4) is 5.75 Å². The molecule has 0 N–H and O–H groups in total. The highest BCUT2D eigenvalue weighted by Gasteiger charge is 2.14. The smallest absolute Gasteiger partial charge is 0.341 e. The molecule has 80 valence electrons. The average Bonchev–Trinajstić information content (AvgIpc) is 2.19. The summed E-state index contributed by atoms with van der Waals surface area (Å²) in [5.41, 5.74) is 0.125. The van der Waals surface area contributed by atoms with Crippen LogP contribution in [0.1, 0.15) is 17.3 Å². The van der Waals surface area contributed by atoms with Gasteiger partial charge in [-0.15, -0.1) is 0 Å². The quantitative estimate of drug-likeness (QED) is 0.574. The molecule has 0 heterocycles. The molecule has 0 aliphatic carbocycles. The van der Waals surface area contributed by atoms with Gasteiger partial charge in [0.25, 0.3) is 0 Å². The van der Waals surface area contributed by atoms with Crippen LogP contribution in [0.25, 0.3) is 0 Å². The molecule has 0 saturated carbocycles. The van der Waals surface area contributed by atoms with E-state index >= 15 is 0 Å². The van der Waals surface area contributed by atoms with Crippen molar-refractivity contribution in [3.05, 3.63) is 28.8 Å². The zero-order valence-corrected chi connectivity index (χ0v) is 9.00. The predicted octanol–water partition coefficient (Wildman–Crippen LogP) is 2.05. The number of hydrogen-bond acceptors (Lipinski definition) is 4. The summed E-state index contributed by atoms with van der Waals surface area (Å²) < 4.78 is 9.35. The van der Waals surface area contributed by atoms with Crippen molar-refractivity contribution in [1.29, 1.82) is 0 Å². The molecule has 0 aromatic heterocycles. The predicted molar refractivity (Wildman–Crippen MR) is 54.1 cm³/mol. The summed E-state index contributed by atoms with van der Waals surface area (Å²) in [6, 6.07) is 4.34. The Morgan fingerprint density at radius 3 is 2.53 bits per heavy atom. The number of hydrogen-bond donors (Lipinski definition) is 0. The Labute approximate surface area is 91.7 Å². The van der Waals surface area contributed by atoms with Crippen molar-refractivity contribution in [1.82, 2.24) is 0 Å². The Balaban J connectivity index is 3.14. The van der Waals surface area contributed by atoms with Crippen LogP contribution in [-0.4, -0.2) is 19.0 Å². The Hall–Kier alpha value is -1.55. The molecule has 4 nitrogen and oxygen atoms in total. The van der Waals surface area contributed by atoms with Gasteiger partial charge < -0.3 is 9.47 Å². The molecule has 0 amide bonds. The van der Waals surface area contributed by atoms with E-state index in [4.69, 9.17) is 16.3 Å². The SMILES string of the molecule is COC(=O)c1cc(Cl)ccc1OC(C)=O. The van der Waals surface area contributed by atoms with E-state index < -0.39 is 11.9 Å². The van der Waals surface area contributed by atoms with E-state index in [1.165, 1.54) is 32.2 Å². The maximum atomic E-state index is 11.3. The van der Waals surface area contributed by atoms with E-state index in [1.807, 2.05) is 0 Å². The minimum absolute atomic E-state index is 0.125. The maximum Gasteiger partial charge on any atom is 0.341 e. The van der Waals surface area contributed by atoms with Crippen LogP contribution in [-0.2, 0) is 9.53 Å². The fraction of sp³-hybridized carbons (Fsp3) is 0.200. The van der Waals surface area contributed by atoms with Gasteiger partial charge in [0.15, 0.2) is 0 Å². The van der Waals surface area contributed by atoms with E-state index in [2.05, 4.69) is 4.74 Å². The van der Waals surface area contributed by atoms with Crippen LogP contribution in [0.15, 0.2) is 18.2 Å². The van der Waals surface area contributed by atoms with Crippen molar-refractivity contribution in [2.45, 2.75) is 6.92 Å². The highest BCUT2D eigenvalue weighted by molar-refractivity contribution is 6.31. The van der Waals surface area contributed by atoms with Gasteiger partial charge in [-0.05, 0) is 18.2 Å². The van der Waals surface area contributed by atoms with Gasteiger partial charge in [0.05, 0.1) is 7.11 Å². The summed E-state index contributed by atoms with van der Waals surface area (Å²) in [6.07, 6.45) is 0. The van der Waals surface area contributed by atoms with Gasteiger partial charge in [0.2, 0.25) is 0 Å². The largest absolute Gasteiger partial charge is 0.465 e. The standard InChI is InChI=1S/C10H9ClO4/c1-6(12)15-9-4-3-7(11)5-8(9)10(13)14-2/h3-5H,1-2H3. The zero-order valence-electron chi connectivity index (χ0n) is 8.24. The molecule has 0 aliphatic rings. The topological polar surface area (TPSA) is 52.6 Å². The summed E-state index contributed by atoms with van der Waals surface area (Å²) in [5, 5.41) is 0.367. The summed E-state index contributed by atoms with van der Waals surface area (Å²) in [5.74, 6) is -0.977. The van der Waals surface area contributed by atoms with E-state index in [1.54, 1.807) is 0 Å². The molecular weight excluding hydrogens is 220 g/mol. The van der Waals surface area contributed by atoms with E-state index in [0.29, 0.717) is 5.02 Å². The molecule has 0 unspecified atom stereocenters. The summed E-state index contributed by atoms with van der Waals surface area (Å²) >= 11 is 5.71. The molecular formula is C10H9ClO4. The van der Waals surface area contributed by atoms with Gasteiger partial charge in [-0.1, -0.05) is 11.6 Å². The number of benzene rings is 1. The van der Waals surface area contributed by atoms with Gasteiger partial charge in [-0.25, -0.2) is 4.79 Å². The first-order valence-electron chi connectivity index (χ1n) is 4.11. The number of ether oxygens (including phenoxy) is 2. The van der Waals surface area contributed by atoms with Crippen molar-refractivity contribution >= 4 is 23.5 Å². The van der Waals surface area contributed by atoms with Crippen molar-refractivity contribution in [2.75, 3.05) is 7.11 Å². The molecule has 0 atom stereocenters. The Kier molecular flexibility index (Phi) is 3.68. The van der Waals surface area contributed by atoms with Crippen molar-refractivity contribution < 1.29 is 19.1 Å². The van der Waals surface area contributed by atoms with Crippen LogP contribution in [0.4, 0.5) is 0 Å². The highest BCUT2D eigenvalue weighted by atomic mass is 35.5. The number of carbonyl (C=O) groups is 2. The summed E-state index contributed by atoms with van der Waals surface area (Å²) in [4.78, 5) is 22.0. The first kappa shape index (κ1) is 11.5. The summed E-state index contributed by atoms with van der Waals surface area (Å²) in [7, 11) is 1.24. The van der Waals surface area contributed by atoms with Crippen molar-refractivity contribution in [3.63, 3.8) is 0 Å². The molecule has 0 spiro atoms. The Morgan fingerprint density at radius 2 is 2.00 bits per heavy atom. The molecule has 0 radical (unpaired) electrons. The van der Waals surface area contributed by atoms with Crippen LogP contribution in [0.5, 0.6) is 5.75 Å². The van der Waals surface area contributed by atoms with Crippen molar-refractivity contribution in [2.24, 2.45) is 0 Å². The summed E-state index contributed by atoms with van der Waals surface area (Å²) in [6.45, 7) is 1.25. The van der Waals surface area contributed by atoms with Crippen LogP contribution in [0.3, 0.4) is 0 Å². The second-order valence-electron chi connectivity index (χ2n) is 2.73. The second kappa shape index (κ2) is 4.79. The van der Waals surface area contributed by atoms with Crippen LogP contribution >= 0.6 is 11.6 Å². The zero-order chi connectivity index (χ0) is 11.4. The number of methoxy groups -OCH3 is 1. The maximum absolute atomic E-state index is 11.3. The third-order valence-electron chi connectivity index (χ3n) is 1.60. The highest BCUT2D eigenvalue weighted by Crippen LogP contribution is 2.23. The molecule has 5 heteroatoms. The first-order chi connectivity index (χ1) is 7.04. The van der Waals surface area contributed by atoms with Gasteiger partial charge in [0, 0.05) is 11.9 Å². The molecule has 0 bridgehead atoms. The Bertz CT molecular complexity index is 400. The van der Waals surface area contributed by atoms with Crippen LogP contribution in [0, 0.1) is 0 Å². The average molecular weight is 229 g/mol. The minimum atomic E-state index is -0.603. The molecule has 1 rings (SSSR count). The Morgan fingerprint density at radius 1 is 1.33 bits per heavy atom. The lowest BCUT2D eigenvalue weighted by Gasteiger charge is -2.07. The fourth-order valence-corrected chi connectivity index (χ4v) is 1.19. The number of halogens is 1. The molecule has 0 saturated heterocycles. The van der Waals surface area contributed by atoms with Gasteiger partial charge in [-0.3, -0.25) is 4.79 Å². The normalized spacial score (nSPS) is 9.53. The van der Waals surface area contributed by atoms with Gasteiger partial charge >= 0.3 is 11.9 Å². The monoisotopic (exact) mass is 228 g/mol. The third-order valence-corrected chi connectivity index (χ3v) is 1.84. The minimum Gasteiger partial charge on any atom is -0.465 e. The fourth-order valence-electron chi connectivity index (χ4n) is 1.02. The van der Waals surface area contributed by atoms with E-state index in [9.17, 15) is 9.59 Å². The van der Waals surface area contributed by atoms with Gasteiger partial charge in [-0.2, -0.15) is 0 Å². The first-order valence-corrected chi connectivity index (χ1v) is 4.48.